The van der Waals surface area contributed by atoms with Crippen molar-refractivity contribution in [2.75, 3.05) is 0 Å². The van der Waals surface area contributed by atoms with Crippen LogP contribution in [-0.2, 0) is 0 Å². The quantitative estimate of drug-likeness (QED) is 0.215. The van der Waals surface area contributed by atoms with Crippen LogP contribution < -0.4 is 38.2 Å². The van der Waals surface area contributed by atoms with Crippen LogP contribution in [0.15, 0.2) is 200 Å². The number of benzene rings is 10. The first-order valence-electron chi connectivity index (χ1n) is 24.3. The third-order valence-corrected chi connectivity index (χ3v) is 15.4. The SMILES string of the molecule is Bc1c(B)c(B)c2c(c1B)c1c(B)c(-c3ccc4c(c3)c3c(-c5ccccc5)cccc3n4-c3cccc(-c4ccccc4)c3)c(B)c(B)c1n2-c1ccc(-c2cccc(-c3ccccc3)c2)cc1. The Balaban J connectivity index is 1.08. The highest BCUT2D eigenvalue weighted by Gasteiger charge is 2.26. The Morgan fingerprint density at radius 1 is 0.261 bits per heavy atom. The maximum atomic E-state index is 2.58. The Kier molecular flexibility index (Phi) is 10.4. The summed E-state index contributed by atoms with van der Waals surface area (Å²) in [5, 5.41) is 5.22. The average molecular weight is 872 g/mol. The van der Waals surface area contributed by atoms with E-state index in [1.165, 1.54) is 143 Å². The molecule has 2 aromatic heterocycles. The van der Waals surface area contributed by atoms with E-state index in [9.17, 15) is 0 Å². The summed E-state index contributed by atoms with van der Waals surface area (Å²) in [6.07, 6.45) is 0. The van der Waals surface area contributed by atoms with Crippen LogP contribution in [0.2, 0.25) is 0 Å². The van der Waals surface area contributed by atoms with Gasteiger partial charge >= 0.3 is 0 Å². The first-order valence-corrected chi connectivity index (χ1v) is 24.3. The molecule has 0 aliphatic heterocycles. The van der Waals surface area contributed by atoms with E-state index in [1.807, 2.05) is 0 Å². The predicted molar refractivity (Wildman–Crippen MR) is 320 cm³/mol. The molecule has 2 heterocycles. The minimum Gasteiger partial charge on any atom is -0.310 e. The molecular weight excluding hydrogens is 824 g/mol. The number of fused-ring (bicyclic) bond motifs is 6. The monoisotopic (exact) mass is 872 g/mol. The lowest BCUT2D eigenvalue weighted by Gasteiger charge is -2.19. The molecule has 0 fully saturated rings. The van der Waals surface area contributed by atoms with Gasteiger partial charge < -0.3 is 9.13 Å². The van der Waals surface area contributed by atoms with Gasteiger partial charge in [0, 0.05) is 38.6 Å². The average Bonchev–Trinajstić information content (AvgIpc) is 3.94. The van der Waals surface area contributed by atoms with Crippen molar-refractivity contribution in [1.82, 2.24) is 9.13 Å². The Hall–Kier alpha value is -7.75. The van der Waals surface area contributed by atoms with E-state index in [-0.39, 0.29) is 0 Å². The fourth-order valence-corrected chi connectivity index (χ4v) is 11.5. The largest absolute Gasteiger partial charge is 0.310 e. The molecule has 0 spiro atoms. The molecule has 0 atom stereocenters. The molecule has 0 unspecified atom stereocenters. The van der Waals surface area contributed by atoms with Crippen LogP contribution in [0.4, 0.5) is 0 Å². The minimum atomic E-state index is 1.15. The Morgan fingerprint density at radius 3 is 1.39 bits per heavy atom. The first kappa shape index (κ1) is 42.6. The molecule has 9 heteroatoms. The van der Waals surface area contributed by atoms with E-state index in [2.05, 4.69) is 264 Å². The summed E-state index contributed by atoms with van der Waals surface area (Å²) in [5.74, 6) is 0. The zero-order valence-electron chi connectivity index (χ0n) is 40.4. The Bertz CT molecular complexity index is 4010. The van der Waals surface area contributed by atoms with E-state index in [4.69, 9.17) is 0 Å². The summed E-state index contributed by atoms with van der Waals surface area (Å²) in [5.41, 5.74) is 29.0. The van der Waals surface area contributed by atoms with Gasteiger partial charge in [-0.3, -0.25) is 0 Å². The lowest BCUT2D eigenvalue weighted by Crippen LogP contribution is -2.48. The van der Waals surface area contributed by atoms with Gasteiger partial charge in [0.15, 0.2) is 0 Å². The van der Waals surface area contributed by atoms with Gasteiger partial charge in [-0.15, -0.1) is 5.46 Å². The van der Waals surface area contributed by atoms with Crippen LogP contribution in [-0.4, -0.2) is 64.1 Å². The fraction of sp³-hybridized carbons (Fsp3) is 0. The summed E-state index contributed by atoms with van der Waals surface area (Å²) in [4.78, 5) is 0. The molecule has 0 amide bonds. The topological polar surface area (TPSA) is 9.86 Å². The van der Waals surface area contributed by atoms with Gasteiger partial charge in [0.2, 0.25) is 0 Å². The summed E-state index contributed by atoms with van der Waals surface area (Å²) >= 11 is 0. The smallest absolute Gasteiger partial charge is 0.141 e. The highest BCUT2D eigenvalue weighted by molar-refractivity contribution is 6.69. The molecule has 12 rings (SSSR count). The van der Waals surface area contributed by atoms with E-state index >= 15 is 0 Å². The first-order chi connectivity index (χ1) is 33.7. The van der Waals surface area contributed by atoms with Gasteiger partial charge in [0.1, 0.15) is 54.9 Å². The molecular formula is C60H47B7N2. The van der Waals surface area contributed by atoms with Gasteiger partial charge in [0.25, 0.3) is 0 Å². The molecule has 0 aliphatic rings. The van der Waals surface area contributed by atoms with Crippen molar-refractivity contribution in [1.29, 1.82) is 0 Å². The molecule has 0 radical (unpaired) electrons. The van der Waals surface area contributed by atoms with Gasteiger partial charge in [-0.05, 0) is 110 Å². The Morgan fingerprint density at radius 2 is 0.754 bits per heavy atom. The van der Waals surface area contributed by atoms with Gasteiger partial charge in [-0.25, -0.2) is 0 Å². The lowest BCUT2D eigenvalue weighted by molar-refractivity contribution is 1.18. The maximum Gasteiger partial charge on any atom is 0.141 e. The highest BCUT2D eigenvalue weighted by Crippen LogP contribution is 2.41. The van der Waals surface area contributed by atoms with Gasteiger partial charge in [-0.2, -0.15) is 0 Å². The van der Waals surface area contributed by atoms with Crippen molar-refractivity contribution in [3.63, 3.8) is 0 Å². The van der Waals surface area contributed by atoms with Crippen LogP contribution in [0, 0.1) is 0 Å². The van der Waals surface area contributed by atoms with Crippen LogP contribution in [0.5, 0.6) is 0 Å². The molecule has 318 valence electrons. The number of rotatable bonds is 7. The van der Waals surface area contributed by atoms with Crippen molar-refractivity contribution in [2.45, 2.75) is 0 Å². The van der Waals surface area contributed by atoms with Crippen molar-refractivity contribution in [3.8, 4) is 67.0 Å². The second-order valence-corrected chi connectivity index (χ2v) is 19.1. The third-order valence-electron chi connectivity index (χ3n) is 15.4. The second kappa shape index (κ2) is 16.8. The molecule has 69 heavy (non-hydrogen) atoms. The molecule has 2 nitrogen and oxygen atoms in total. The molecule has 12 aromatic rings. The fourth-order valence-electron chi connectivity index (χ4n) is 11.5. The maximum absolute atomic E-state index is 2.58. The normalized spacial score (nSPS) is 11.6. The third kappa shape index (κ3) is 6.81. The van der Waals surface area contributed by atoms with Crippen molar-refractivity contribution in [3.05, 3.63) is 200 Å². The summed E-state index contributed by atoms with van der Waals surface area (Å²) in [6, 6.07) is 73.4. The number of nitrogens with zero attached hydrogens (tertiary/aromatic N) is 2. The van der Waals surface area contributed by atoms with Crippen LogP contribution in [0.1, 0.15) is 0 Å². The molecule has 0 saturated heterocycles. The van der Waals surface area contributed by atoms with E-state index in [1.54, 1.807) is 0 Å². The predicted octanol–water partition coefficient (Wildman–Crippen LogP) is 4.02. The van der Waals surface area contributed by atoms with Gasteiger partial charge in [0.05, 0.1) is 11.0 Å². The van der Waals surface area contributed by atoms with Crippen molar-refractivity contribution >= 4 is 137 Å². The van der Waals surface area contributed by atoms with Crippen LogP contribution >= 0.6 is 0 Å². The summed E-state index contributed by atoms with van der Waals surface area (Å²) in [6.45, 7) is 0. The molecule has 0 saturated carbocycles. The number of hydrogen-bond acceptors (Lipinski definition) is 0. The second-order valence-electron chi connectivity index (χ2n) is 19.1. The standard InChI is InChI=1S/C60H47B7N2/c61-52-48(41-27-30-46-45(33-41)49-44(37-17-8-3-9-18-37)23-12-24-47(49)68(46)43-22-11-21-40(32-43)35-15-6-2-7-16-35)53(62)57(66)59-50(52)51-54(63)55(64)56(65)58(67)60(51)69(59)42-28-25-36(26-29-42)39-20-10-19-38(31-39)34-13-4-1-5-14-34/h1-33H,61-67H2. The number of aromatic nitrogens is 2. The summed E-state index contributed by atoms with van der Waals surface area (Å²) < 4.78 is 5.05. The van der Waals surface area contributed by atoms with E-state index in [0.717, 1.165) is 5.69 Å². The van der Waals surface area contributed by atoms with E-state index < -0.39 is 0 Å². The highest BCUT2D eigenvalue weighted by atomic mass is 15.0. The number of hydrogen-bond donors (Lipinski definition) is 0. The molecule has 0 bridgehead atoms. The van der Waals surface area contributed by atoms with Crippen molar-refractivity contribution < 1.29 is 0 Å². The van der Waals surface area contributed by atoms with Crippen molar-refractivity contribution in [2.24, 2.45) is 0 Å². The van der Waals surface area contributed by atoms with Crippen LogP contribution in [0.25, 0.3) is 111 Å². The molecule has 0 N–H and O–H groups in total. The van der Waals surface area contributed by atoms with Crippen LogP contribution in [0.3, 0.4) is 0 Å². The van der Waals surface area contributed by atoms with Gasteiger partial charge in [-0.1, -0.05) is 184 Å². The molecule has 10 aromatic carbocycles. The van der Waals surface area contributed by atoms with E-state index in [0.29, 0.717) is 0 Å². The zero-order valence-corrected chi connectivity index (χ0v) is 40.4. The summed E-state index contributed by atoms with van der Waals surface area (Å²) in [7, 11) is 16.3. The Labute approximate surface area is 410 Å². The molecule has 0 aliphatic carbocycles. The zero-order chi connectivity index (χ0) is 47.1. The lowest BCUT2D eigenvalue weighted by atomic mass is 9.64. The minimum absolute atomic E-state index is 1.15.